The molecule has 0 aliphatic carbocycles. The molecule has 0 N–H and O–H groups in total. The summed E-state index contributed by atoms with van der Waals surface area (Å²) in [5.74, 6) is 0. The van der Waals surface area contributed by atoms with Crippen molar-refractivity contribution in [2.75, 3.05) is 6.54 Å². The van der Waals surface area contributed by atoms with E-state index in [1.165, 1.54) is 32.7 Å². The van der Waals surface area contributed by atoms with Gasteiger partial charge in [-0.1, -0.05) is 97.1 Å². The molecule has 0 saturated carbocycles. The minimum atomic E-state index is 0.602. The summed E-state index contributed by atoms with van der Waals surface area (Å²) in [6.07, 6.45) is 1.82. The first kappa shape index (κ1) is 21.3. The predicted octanol–water partition coefficient (Wildman–Crippen LogP) is 8.24. The van der Waals surface area contributed by atoms with Crippen molar-refractivity contribution in [2.45, 2.75) is 0 Å². The van der Waals surface area contributed by atoms with Gasteiger partial charge in [0, 0.05) is 17.3 Å². The van der Waals surface area contributed by atoms with Crippen LogP contribution in [-0.4, -0.2) is 21.9 Å². The number of fused-ring (bicyclic) bond motifs is 2. The molecule has 4 nitrogen and oxygen atoms in total. The number of aromatic nitrogens is 1. The average Bonchev–Trinajstić information content (AvgIpc) is 3.47. The van der Waals surface area contributed by atoms with Crippen LogP contribution in [0, 0.1) is 0 Å². The van der Waals surface area contributed by atoms with Gasteiger partial charge in [0.15, 0.2) is 12.2 Å². The van der Waals surface area contributed by atoms with Crippen LogP contribution in [0.15, 0.2) is 138 Å². The van der Waals surface area contributed by atoms with Crippen molar-refractivity contribution in [1.82, 2.24) is 4.98 Å². The van der Waals surface area contributed by atoms with Crippen LogP contribution in [0.5, 0.6) is 0 Å². The molecule has 5 aromatic carbocycles. The molecule has 0 atom stereocenters. The van der Waals surface area contributed by atoms with Crippen molar-refractivity contribution in [3.63, 3.8) is 0 Å². The first-order valence-corrected chi connectivity index (χ1v) is 12.4. The van der Waals surface area contributed by atoms with E-state index in [1.807, 2.05) is 35.2 Å². The first-order chi connectivity index (χ1) is 18.4. The molecule has 37 heavy (non-hydrogen) atoms. The van der Waals surface area contributed by atoms with Gasteiger partial charge in [0.05, 0.1) is 10.8 Å². The van der Waals surface area contributed by atoms with Crippen LogP contribution < -0.4 is 0 Å². The van der Waals surface area contributed by atoms with Gasteiger partial charge in [-0.25, -0.2) is 0 Å². The average molecular weight is 476 g/mol. The molecule has 1 aromatic heterocycles. The van der Waals surface area contributed by atoms with E-state index in [0.29, 0.717) is 6.54 Å². The van der Waals surface area contributed by atoms with Crippen molar-refractivity contribution in [3.05, 3.63) is 133 Å². The molecule has 0 bridgehead atoms. The number of rotatable bonds is 4. The maximum Gasteiger partial charge on any atom is 0.232 e. The molecular formula is C33H23N4+. The van der Waals surface area contributed by atoms with Crippen LogP contribution in [0.3, 0.4) is 0 Å². The summed E-state index contributed by atoms with van der Waals surface area (Å²) in [6, 6.07) is 42.2. The lowest BCUT2D eigenvalue weighted by Gasteiger charge is -2.15. The number of hydrogen-bond donors (Lipinski definition) is 0. The molecule has 0 radical (unpaired) electrons. The zero-order valence-electron chi connectivity index (χ0n) is 20.1. The Balaban J connectivity index is 1.35. The van der Waals surface area contributed by atoms with Gasteiger partial charge in [-0.2, -0.15) is 0 Å². The molecule has 7 rings (SSSR count). The number of pyridine rings is 1. The second kappa shape index (κ2) is 8.92. The van der Waals surface area contributed by atoms with E-state index < -0.39 is 0 Å². The highest BCUT2D eigenvalue weighted by atomic mass is 15.5. The molecular weight excluding hydrogens is 452 g/mol. The Kier molecular flexibility index (Phi) is 5.14. The second-order valence-electron chi connectivity index (χ2n) is 9.17. The number of nitrogens with zero attached hydrogens (tertiary/aromatic N) is 4. The zero-order valence-corrected chi connectivity index (χ0v) is 20.1. The Morgan fingerprint density at radius 1 is 0.541 bits per heavy atom. The summed E-state index contributed by atoms with van der Waals surface area (Å²) in [5.41, 5.74) is 7.59. The molecule has 1 aliphatic rings. The van der Waals surface area contributed by atoms with Gasteiger partial charge in [-0.3, -0.25) is 4.98 Å². The largest absolute Gasteiger partial charge is 0.256 e. The second-order valence-corrected chi connectivity index (χ2v) is 9.17. The van der Waals surface area contributed by atoms with Crippen molar-refractivity contribution in [2.24, 2.45) is 10.3 Å². The molecule has 1 aliphatic heterocycles. The fourth-order valence-electron chi connectivity index (χ4n) is 5.30. The van der Waals surface area contributed by atoms with Gasteiger partial charge in [-0.05, 0) is 56.9 Å². The van der Waals surface area contributed by atoms with Gasteiger partial charge in [0.1, 0.15) is 5.22 Å². The summed E-state index contributed by atoms with van der Waals surface area (Å²) >= 11 is 0. The van der Waals surface area contributed by atoms with E-state index in [9.17, 15) is 0 Å². The van der Waals surface area contributed by atoms with E-state index in [1.54, 1.807) is 0 Å². The number of hydrogen-bond acceptors (Lipinski definition) is 3. The third-order valence-electron chi connectivity index (χ3n) is 6.96. The molecule has 0 spiro atoms. The van der Waals surface area contributed by atoms with Crippen molar-refractivity contribution in [1.29, 1.82) is 0 Å². The molecule has 4 heteroatoms. The third kappa shape index (κ3) is 3.71. The lowest BCUT2D eigenvalue weighted by atomic mass is 9.87. The lowest BCUT2D eigenvalue weighted by molar-refractivity contribution is -0.492. The topological polar surface area (TPSA) is 40.6 Å². The predicted molar refractivity (Wildman–Crippen MR) is 150 cm³/mol. The van der Waals surface area contributed by atoms with Crippen LogP contribution in [0.4, 0.5) is 5.69 Å². The van der Waals surface area contributed by atoms with Gasteiger partial charge in [0.2, 0.25) is 5.71 Å². The Morgan fingerprint density at radius 3 is 1.84 bits per heavy atom. The third-order valence-corrected chi connectivity index (χ3v) is 6.96. The van der Waals surface area contributed by atoms with Gasteiger partial charge >= 0.3 is 0 Å². The Hall–Kier alpha value is -4.96. The highest BCUT2D eigenvalue weighted by Gasteiger charge is 2.28. The lowest BCUT2D eigenvalue weighted by Crippen LogP contribution is -2.13. The minimum Gasteiger partial charge on any atom is -0.256 e. The van der Waals surface area contributed by atoms with Gasteiger partial charge in [-0.15, -0.1) is 4.70 Å². The summed E-state index contributed by atoms with van der Waals surface area (Å²) in [7, 11) is 0. The maximum atomic E-state index is 4.72. The van der Waals surface area contributed by atoms with Crippen LogP contribution in [0.1, 0.15) is 5.56 Å². The smallest absolute Gasteiger partial charge is 0.232 e. The normalized spacial score (nSPS) is 13.1. The van der Waals surface area contributed by atoms with E-state index in [4.69, 9.17) is 5.10 Å². The van der Waals surface area contributed by atoms with Gasteiger partial charge < -0.3 is 0 Å². The molecule has 0 fully saturated rings. The van der Waals surface area contributed by atoms with E-state index in [0.717, 1.165) is 28.2 Å². The highest BCUT2D eigenvalue weighted by Crippen LogP contribution is 2.40. The Bertz CT molecular complexity index is 1780. The van der Waals surface area contributed by atoms with Crippen molar-refractivity contribution >= 4 is 32.9 Å². The van der Waals surface area contributed by atoms with E-state index in [2.05, 4.69) is 107 Å². The molecule has 174 valence electrons. The maximum absolute atomic E-state index is 4.72. The first-order valence-electron chi connectivity index (χ1n) is 12.4. The van der Waals surface area contributed by atoms with Crippen LogP contribution in [0.2, 0.25) is 0 Å². The van der Waals surface area contributed by atoms with Gasteiger partial charge in [0.25, 0.3) is 0 Å². The van der Waals surface area contributed by atoms with Crippen LogP contribution in [-0.2, 0) is 0 Å². The number of benzene rings is 5. The molecule has 2 heterocycles. The summed E-state index contributed by atoms with van der Waals surface area (Å²) in [6.45, 7) is 0.602. The SMILES string of the molecule is c1ccc(-c2c3ccccc3c(C3=NN=[N+](c4cccc(-c5ccccn5)c4)C3)c3ccccc23)cc1. The van der Waals surface area contributed by atoms with Crippen LogP contribution in [0.25, 0.3) is 43.9 Å². The Morgan fingerprint density at radius 2 is 1.16 bits per heavy atom. The fraction of sp³-hybridized carbons (Fsp3) is 0.0303. The van der Waals surface area contributed by atoms with Crippen molar-refractivity contribution < 1.29 is 4.70 Å². The van der Waals surface area contributed by atoms with E-state index >= 15 is 0 Å². The summed E-state index contributed by atoms with van der Waals surface area (Å²) in [4.78, 5) is 4.50. The van der Waals surface area contributed by atoms with Crippen molar-refractivity contribution in [3.8, 4) is 22.4 Å². The monoisotopic (exact) mass is 475 g/mol. The fourth-order valence-corrected chi connectivity index (χ4v) is 5.30. The highest BCUT2D eigenvalue weighted by molar-refractivity contribution is 6.26. The molecule has 0 unspecified atom stereocenters. The quantitative estimate of drug-likeness (QED) is 0.187. The summed E-state index contributed by atoms with van der Waals surface area (Å²) in [5, 5.41) is 14.1. The molecule has 0 amide bonds. The standard InChI is InChI=1S/C33H23N4/c1-2-11-23(12-3-1)32-26-15-4-6-17-28(26)33(29-18-7-5-16-27(29)32)31-22-37(36-35-31)25-14-10-13-24(21-25)30-19-8-9-20-34-30/h1-21H,22H2/q+1. The molecule has 6 aromatic rings. The van der Waals surface area contributed by atoms with Crippen LogP contribution >= 0.6 is 0 Å². The minimum absolute atomic E-state index is 0.602. The van der Waals surface area contributed by atoms with E-state index in [-0.39, 0.29) is 0 Å². The Labute approximate surface area is 214 Å². The summed E-state index contributed by atoms with van der Waals surface area (Å²) < 4.78 is 1.97. The molecule has 0 saturated heterocycles. The zero-order chi connectivity index (χ0) is 24.6.